The summed E-state index contributed by atoms with van der Waals surface area (Å²) in [5.41, 5.74) is 3.12. The number of nitrogens with zero attached hydrogens (tertiary/aromatic N) is 3. The van der Waals surface area contributed by atoms with Crippen molar-refractivity contribution in [2.75, 3.05) is 13.1 Å². The molecule has 2 aromatic heterocycles. The summed E-state index contributed by atoms with van der Waals surface area (Å²) in [6, 6.07) is 16.3. The molecule has 7 heteroatoms. The Morgan fingerprint density at radius 2 is 1.93 bits per heavy atom. The summed E-state index contributed by atoms with van der Waals surface area (Å²) in [6.45, 7) is 1.54. The SMILES string of the molecule is Fc1ccc2nc(CO[C@H]3CN(Cc4ccc5ccccc5n4)C[C@H]3F)[nH]c2c1. The maximum atomic E-state index is 14.5. The number of hydrogen-bond acceptors (Lipinski definition) is 4. The Bertz CT molecular complexity index is 1160. The number of ether oxygens (including phenoxy) is 1. The number of likely N-dealkylation sites (tertiary alicyclic amines) is 1. The molecule has 0 saturated carbocycles. The molecule has 3 heterocycles. The normalized spacial score (nSPS) is 20.1. The zero-order valence-corrected chi connectivity index (χ0v) is 15.7. The maximum absolute atomic E-state index is 14.5. The monoisotopic (exact) mass is 394 g/mol. The second-order valence-electron chi connectivity index (χ2n) is 7.40. The van der Waals surface area contributed by atoms with Gasteiger partial charge in [0.05, 0.1) is 22.2 Å². The van der Waals surface area contributed by atoms with Gasteiger partial charge in [0.15, 0.2) is 0 Å². The quantitative estimate of drug-likeness (QED) is 0.556. The van der Waals surface area contributed by atoms with E-state index >= 15 is 0 Å². The van der Waals surface area contributed by atoms with Crippen LogP contribution in [0.1, 0.15) is 11.5 Å². The lowest BCUT2D eigenvalue weighted by molar-refractivity contribution is 0.00861. The van der Waals surface area contributed by atoms with E-state index in [1.54, 1.807) is 6.07 Å². The van der Waals surface area contributed by atoms with Crippen LogP contribution >= 0.6 is 0 Å². The second-order valence-corrected chi connectivity index (χ2v) is 7.40. The van der Waals surface area contributed by atoms with Crippen molar-refractivity contribution >= 4 is 21.9 Å². The minimum absolute atomic E-state index is 0.156. The fourth-order valence-electron chi connectivity index (χ4n) is 3.81. The number of para-hydroxylation sites is 1. The van der Waals surface area contributed by atoms with Gasteiger partial charge in [-0.25, -0.2) is 13.8 Å². The van der Waals surface area contributed by atoms with Gasteiger partial charge in [-0.05, 0) is 30.3 Å². The molecule has 0 unspecified atom stereocenters. The molecule has 1 aliphatic heterocycles. The first-order valence-corrected chi connectivity index (χ1v) is 9.61. The van der Waals surface area contributed by atoms with Crippen molar-refractivity contribution < 1.29 is 13.5 Å². The summed E-state index contributed by atoms with van der Waals surface area (Å²) in [5, 5.41) is 1.09. The highest BCUT2D eigenvalue weighted by Gasteiger charge is 2.34. The van der Waals surface area contributed by atoms with E-state index in [0.717, 1.165) is 16.6 Å². The van der Waals surface area contributed by atoms with E-state index in [4.69, 9.17) is 4.74 Å². The molecule has 2 atom stereocenters. The van der Waals surface area contributed by atoms with Crippen molar-refractivity contribution in [3.8, 4) is 0 Å². The molecule has 0 amide bonds. The Morgan fingerprint density at radius 3 is 2.86 bits per heavy atom. The average molecular weight is 394 g/mol. The molecule has 5 rings (SSSR count). The molecule has 0 spiro atoms. The third-order valence-electron chi connectivity index (χ3n) is 5.24. The van der Waals surface area contributed by atoms with Crippen LogP contribution in [0.5, 0.6) is 0 Å². The number of benzene rings is 2. The topological polar surface area (TPSA) is 54.0 Å². The number of hydrogen-bond donors (Lipinski definition) is 1. The van der Waals surface area contributed by atoms with Crippen LogP contribution in [0.2, 0.25) is 0 Å². The van der Waals surface area contributed by atoms with Crippen molar-refractivity contribution in [1.82, 2.24) is 19.9 Å². The van der Waals surface area contributed by atoms with Crippen molar-refractivity contribution in [1.29, 1.82) is 0 Å². The molecule has 1 fully saturated rings. The summed E-state index contributed by atoms with van der Waals surface area (Å²) in [6.07, 6.45) is -1.60. The average Bonchev–Trinajstić information content (AvgIpc) is 3.28. The van der Waals surface area contributed by atoms with E-state index in [0.29, 0.717) is 36.5 Å². The number of aromatic nitrogens is 3. The minimum atomic E-state index is -1.07. The molecule has 148 valence electrons. The van der Waals surface area contributed by atoms with Crippen LogP contribution in [0.3, 0.4) is 0 Å². The molecule has 0 aliphatic carbocycles. The van der Waals surface area contributed by atoms with Crippen LogP contribution in [0, 0.1) is 5.82 Å². The number of halogens is 2. The van der Waals surface area contributed by atoms with E-state index in [2.05, 4.69) is 15.0 Å². The molecule has 2 aromatic carbocycles. The van der Waals surface area contributed by atoms with Crippen LogP contribution in [0.15, 0.2) is 54.6 Å². The highest BCUT2D eigenvalue weighted by atomic mass is 19.1. The highest BCUT2D eigenvalue weighted by Crippen LogP contribution is 2.21. The van der Waals surface area contributed by atoms with E-state index in [9.17, 15) is 8.78 Å². The Morgan fingerprint density at radius 1 is 1.03 bits per heavy atom. The first-order valence-electron chi connectivity index (χ1n) is 9.61. The molecule has 0 radical (unpaired) electrons. The Labute approximate surface area is 166 Å². The molecular weight excluding hydrogens is 374 g/mol. The summed E-state index contributed by atoms with van der Waals surface area (Å²) in [7, 11) is 0. The van der Waals surface area contributed by atoms with Gasteiger partial charge in [-0.15, -0.1) is 0 Å². The molecule has 4 aromatic rings. The third-order valence-corrected chi connectivity index (χ3v) is 5.24. The summed E-state index contributed by atoms with van der Waals surface area (Å²) < 4.78 is 33.6. The van der Waals surface area contributed by atoms with Gasteiger partial charge in [0.1, 0.15) is 30.5 Å². The van der Waals surface area contributed by atoms with Gasteiger partial charge in [-0.3, -0.25) is 9.88 Å². The predicted molar refractivity (Wildman–Crippen MR) is 107 cm³/mol. The Hall–Kier alpha value is -2.90. The van der Waals surface area contributed by atoms with Gasteiger partial charge in [-0.2, -0.15) is 0 Å². The van der Waals surface area contributed by atoms with Gasteiger partial charge in [0.25, 0.3) is 0 Å². The van der Waals surface area contributed by atoms with Crippen LogP contribution in [0.4, 0.5) is 8.78 Å². The fraction of sp³-hybridized carbons (Fsp3) is 0.273. The number of H-pyrrole nitrogens is 1. The number of aromatic amines is 1. The number of imidazole rings is 1. The molecule has 0 bridgehead atoms. The zero-order valence-electron chi connectivity index (χ0n) is 15.7. The smallest absolute Gasteiger partial charge is 0.140 e. The van der Waals surface area contributed by atoms with Crippen molar-refractivity contribution in [3.63, 3.8) is 0 Å². The lowest BCUT2D eigenvalue weighted by atomic mass is 10.2. The number of pyridine rings is 1. The Kier molecular flexibility index (Phi) is 4.69. The first-order chi connectivity index (χ1) is 14.1. The highest BCUT2D eigenvalue weighted by molar-refractivity contribution is 5.78. The van der Waals surface area contributed by atoms with Gasteiger partial charge in [0, 0.05) is 25.0 Å². The molecule has 29 heavy (non-hydrogen) atoms. The van der Waals surface area contributed by atoms with E-state index in [-0.39, 0.29) is 12.4 Å². The fourth-order valence-corrected chi connectivity index (χ4v) is 3.81. The molecular formula is C22H20F2N4O. The summed E-state index contributed by atoms with van der Waals surface area (Å²) in [4.78, 5) is 14.1. The van der Waals surface area contributed by atoms with Crippen LogP contribution in [0.25, 0.3) is 21.9 Å². The lowest BCUT2D eigenvalue weighted by Gasteiger charge is -2.15. The van der Waals surface area contributed by atoms with Crippen LogP contribution in [-0.4, -0.2) is 45.2 Å². The van der Waals surface area contributed by atoms with Gasteiger partial charge >= 0.3 is 0 Å². The summed E-state index contributed by atoms with van der Waals surface area (Å²) >= 11 is 0. The summed E-state index contributed by atoms with van der Waals surface area (Å²) in [5.74, 6) is 0.235. The minimum Gasteiger partial charge on any atom is -0.366 e. The molecule has 1 saturated heterocycles. The first kappa shape index (κ1) is 18.1. The number of alkyl halides is 1. The third kappa shape index (κ3) is 3.83. The molecule has 1 aliphatic rings. The van der Waals surface area contributed by atoms with Gasteiger partial charge < -0.3 is 9.72 Å². The van der Waals surface area contributed by atoms with E-state index in [1.165, 1.54) is 12.1 Å². The number of nitrogens with one attached hydrogen (secondary N) is 1. The number of fused-ring (bicyclic) bond motifs is 2. The molecule has 1 N–H and O–H groups in total. The zero-order chi connectivity index (χ0) is 19.8. The largest absolute Gasteiger partial charge is 0.366 e. The standard InChI is InChI=1S/C22H20F2N4O/c23-15-6-8-19-20(9-15)27-22(26-19)13-29-21-12-28(11-17(21)24)10-16-7-5-14-3-1-2-4-18(14)25-16/h1-9,17,21H,10-13H2,(H,26,27)/t17-,21+/m1/s1. The second kappa shape index (κ2) is 7.50. The Balaban J connectivity index is 1.21. The maximum Gasteiger partial charge on any atom is 0.140 e. The van der Waals surface area contributed by atoms with E-state index in [1.807, 2.05) is 41.3 Å². The van der Waals surface area contributed by atoms with E-state index < -0.39 is 12.3 Å². The lowest BCUT2D eigenvalue weighted by Crippen LogP contribution is -2.24. The van der Waals surface area contributed by atoms with Gasteiger partial charge in [0.2, 0.25) is 0 Å². The van der Waals surface area contributed by atoms with Crippen LogP contribution in [-0.2, 0) is 17.9 Å². The molecule has 5 nitrogen and oxygen atoms in total. The van der Waals surface area contributed by atoms with Crippen molar-refractivity contribution in [2.24, 2.45) is 0 Å². The predicted octanol–water partition coefficient (Wildman–Crippen LogP) is 3.99. The van der Waals surface area contributed by atoms with Crippen LogP contribution < -0.4 is 0 Å². The van der Waals surface area contributed by atoms with Gasteiger partial charge in [-0.1, -0.05) is 24.3 Å². The van der Waals surface area contributed by atoms with Crippen molar-refractivity contribution in [2.45, 2.75) is 25.4 Å². The van der Waals surface area contributed by atoms with Crippen molar-refractivity contribution in [3.05, 3.63) is 71.9 Å². The number of rotatable bonds is 5.